The molecule has 1 amide bonds. The summed E-state index contributed by atoms with van der Waals surface area (Å²) < 4.78 is 5.27. The van der Waals surface area contributed by atoms with Gasteiger partial charge in [-0.2, -0.15) is 0 Å². The Hall–Kier alpha value is -2.75. The number of hydrogen-bond acceptors (Lipinski definition) is 2. The van der Waals surface area contributed by atoms with Crippen LogP contribution >= 0.6 is 0 Å². The van der Waals surface area contributed by atoms with Crippen LogP contribution in [0.15, 0.2) is 54.7 Å². The van der Waals surface area contributed by atoms with Gasteiger partial charge in [-0.1, -0.05) is 30.3 Å². The normalized spacial score (nSPS) is 10.7. The van der Waals surface area contributed by atoms with E-state index in [1.165, 1.54) is 5.56 Å². The van der Waals surface area contributed by atoms with Crippen LogP contribution in [0.2, 0.25) is 0 Å². The van der Waals surface area contributed by atoms with Crippen molar-refractivity contribution < 1.29 is 9.53 Å². The summed E-state index contributed by atoms with van der Waals surface area (Å²) in [6.07, 6.45) is 5.10. The third kappa shape index (κ3) is 3.96. The molecule has 0 spiro atoms. The summed E-state index contributed by atoms with van der Waals surface area (Å²) in [6.45, 7) is 0.605. The van der Waals surface area contributed by atoms with Crippen molar-refractivity contribution in [1.29, 1.82) is 0 Å². The molecular formula is C20H21N2O2. The molecule has 24 heavy (non-hydrogen) atoms. The van der Waals surface area contributed by atoms with Crippen LogP contribution in [-0.2, 0) is 17.6 Å². The van der Waals surface area contributed by atoms with Crippen molar-refractivity contribution >= 4 is 16.8 Å². The maximum absolute atomic E-state index is 11.9. The predicted octanol–water partition coefficient (Wildman–Crippen LogP) is 3.28. The molecule has 1 radical (unpaired) electrons. The zero-order valence-electron chi connectivity index (χ0n) is 13.7. The monoisotopic (exact) mass is 321 g/mol. The van der Waals surface area contributed by atoms with Gasteiger partial charge in [0, 0.05) is 23.6 Å². The number of ether oxygens (including phenoxy) is 1. The van der Waals surface area contributed by atoms with Gasteiger partial charge in [0.15, 0.2) is 0 Å². The van der Waals surface area contributed by atoms with Crippen molar-refractivity contribution in [1.82, 2.24) is 10.3 Å². The maximum Gasteiger partial charge on any atom is 0.224 e. The molecule has 4 heteroatoms. The quantitative estimate of drug-likeness (QED) is 0.701. The van der Waals surface area contributed by atoms with Gasteiger partial charge in [-0.15, -0.1) is 0 Å². The molecule has 0 aliphatic heterocycles. The van der Waals surface area contributed by atoms with E-state index in [0.717, 1.165) is 28.6 Å². The van der Waals surface area contributed by atoms with Crippen LogP contribution in [0.4, 0.5) is 0 Å². The molecule has 1 aromatic heterocycles. The third-order valence-corrected chi connectivity index (χ3v) is 4.03. The number of fused-ring (bicyclic) bond motifs is 1. The fraction of sp³-hybridized carbons (Fsp3) is 0.200. The lowest BCUT2D eigenvalue weighted by Gasteiger charge is -2.05. The van der Waals surface area contributed by atoms with Crippen LogP contribution in [0.25, 0.3) is 10.9 Å². The Morgan fingerprint density at radius 1 is 1.21 bits per heavy atom. The predicted molar refractivity (Wildman–Crippen MR) is 96.0 cm³/mol. The lowest BCUT2D eigenvalue weighted by Crippen LogP contribution is -2.26. The number of aromatic nitrogens is 1. The molecule has 0 bridgehead atoms. The molecule has 2 N–H and O–H groups in total. The van der Waals surface area contributed by atoms with E-state index in [2.05, 4.69) is 10.3 Å². The highest BCUT2D eigenvalue weighted by Gasteiger charge is 2.07. The Kier molecular flexibility index (Phi) is 5.16. The van der Waals surface area contributed by atoms with E-state index in [4.69, 9.17) is 4.74 Å². The molecule has 123 valence electrons. The number of amides is 1. The Morgan fingerprint density at radius 2 is 2.04 bits per heavy atom. The Morgan fingerprint density at radius 3 is 2.83 bits per heavy atom. The highest BCUT2D eigenvalue weighted by Crippen LogP contribution is 2.23. The number of hydrogen-bond donors (Lipinski definition) is 2. The first-order valence-corrected chi connectivity index (χ1v) is 8.05. The highest BCUT2D eigenvalue weighted by atomic mass is 16.5. The Bertz CT molecular complexity index is 809. The minimum absolute atomic E-state index is 0.0312. The zero-order valence-corrected chi connectivity index (χ0v) is 13.7. The van der Waals surface area contributed by atoms with Crippen molar-refractivity contribution in [3.05, 3.63) is 72.3 Å². The lowest BCUT2D eigenvalue weighted by atomic mass is 10.1. The van der Waals surface area contributed by atoms with Crippen LogP contribution in [0.5, 0.6) is 5.75 Å². The zero-order chi connectivity index (χ0) is 16.8. The topological polar surface area (TPSA) is 54.1 Å². The number of aromatic amines is 1. The van der Waals surface area contributed by atoms with Crippen LogP contribution in [0.1, 0.15) is 11.1 Å². The van der Waals surface area contributed by atoms with Crippen LogP contribution in [0, 0.1) is 6.42 Å². The molecule has 0 saturated heterocycles. The summed E-state index contributed by atoms with van der Waals surface area (Å²) in [5, 5.41) is 4.08. The molecule has 0 atom stereocenters. The van der Waals surface area contributed by atoms with E-state index in [1.54, 1.807) is 13.5 Å². The summed E-state index contributed by atoms with van der Waals surface area (Å²) in [5.74, 6) is 0.805. The molecule has 1 heterocycles. The molecular weight excluding hydrogens is 300 g/mol. The summed E-state index contributed by atoms with van der Waals surface area (Å²) in [5.41, 5.74) is 3.39. The van der Waals surface area contributed by atoms with Gasteiger partial charge in [0.25, 0.3) is 0 Å². The Labute approximate surface area is 141 Å². The number of methoxy groups -OCH3 is 1. The second-order valence-corrected chi connectivity index (χ2v) is 5.66. The first-order chi connectivity index (χ1) is 11.8. The number of benzene rings is 2. The molecule has 2 aromatic carbocycles. The lowest BCUT2D eigenvalue weighted by molar-refractivity contribution is -0.117. The number of nitrogens with one attached hydrogen (secondary N) is 2. The highest BCUT2D eigenvalue weighted by molar-refractivity contribution is 5.86. The van der Waals surface area contributed by atoms with Gasteiger partial charge < -0.3 is 15.0 Å². The van der Waals surface area contributed by atoms with Gasteiger partial charge in [0.05, 0.1) is 13.5 Å². The SMILES string of the molecule is COc1ccc2[nH]cc(CCNC(=O)[CH]Cc3ccccc3)c2c1. The van der Waals surface area contributed by atoms with E-state index in [-0.39, 0.29) is 5.91 Å². The number of rotatable bonds is 7. The molecule has 0 unspecified atom stereocenters. The second-order valence-electron chi connectivity index (χ2n) is 5.66. The number of carbonyl (C=O) groups excluding carboxylic acids is 1. The van der Waals surface area contributed by atoms with Crippen molar-refractivity contribution in [3.8, 4) is 5.75 Å². The van der Waals surface area contributed by atoms with E-state index in [1.807, 2.05) is 54.7 Å². The van der Waals surface area contributed by atoms with Crippen molar-refractivity contribution in [2.45, 2.75) is 12.8 Å². The largest absolute Gasteiger partial charge is 0.497 e. The minimum atomic E-state index is -0.0312. The molecule has 3 aromatic rings. The second kappa shape index (κ2) is 7.68. The number of carbonyl (C=O) groups is 1. The standard InChI is InChI=1S/C20H21N2O2/c1-24-17-8-9-19-18(13-17)16(14-22-19)11-12-21-20(23)10-7-15-5-3-2-4-6-15/h2-6,8-10,13-14,22H,7,11-12H2,1H3,(H,21,23). The third-order valence-electron chi connectivity index (χ3n) is 4.03. The molecule has 4 nitrogen and oxygen atoms in total. The van der Waals surface area contributed by atoms with Gasteiger partial charge >= 0.3 is 0 Å². The number of H-pyrrole nitrogens is 1. The average molecular weight is 321 g/mol. The van der Waals surface area contributed by atoms with Gasteiger partial charge in [-0.25, -0.2) is 0 Å². The molecule has 0 aliphatic rings. The van der Waals surface area contributed by atoms with Crippen molar-refractivity contribution in [2.75, 3.05) is 13.7 Å². The first-order valence-electron chi connectivity index (χ1n) is 8.05. The van der Waals surface area contributed by atoms with E-state index >= 15 is 0 Å². The first kappa shape index (κ1) is 16.1. The molecule has 0 fully saturated rings. The summed E-state index contributed by atoms with van der Waals surface area (Å²) in [7, 11) is 1.66. The summed E-state index contributed by atoms with van der Waals surface area (Å²) in [6, 6.07) is 15.9. The van der Waals surface area contributed by atoms with Crippen LogP contribution in [-0.4, -0.2) is 24.5 Å². The molecule has 0 saturated carbocycles. The molecule has 3 rings (SSSR count). The summed E-state index contributed by atoms with van der Waals surface area (Å²) >= 11 is 0. The van der Waals surface area contributed by atoms with Gasteiger partial charge in [0.2, 0.25) is 5.91 Å². The van der Waals surface area contributed by atoms with E-state index in [0.29, 0.717) is 13.0 Å². The van der Waals surface area contributed by atoms with Crippen molar-refractivity contribution in [2.24, 2.45) is 0 Å². The minimum Gasteiger partial charge on any atom is -0.497 e. The summed E-state index contributed by atoms with van der Waals surface area (Å²) in [4.78, 5) is 15.2. The van der Waals surface area contributed by atoms with Crippen molar-refractivity contribution in [3.63, 3.8) is 0 Å². The van der Waals surface area contributed by atoms with Crippen LogP contribution < -0.4 is 10.1 Å². The fourth-order valence-electron chi connectivity index (χ4n) is 2.71. The average Bonchev–Trinajstić information content (AvgIpc) is 3.03. The molecule has 0 aliphatic carbocycles. The van der Waals surface area contributed by atoms with Gasteiger partial charge in [-0.05, 0) is 42.2 Å². The van der Waals surface area contributed by atoms with Gasteiger partial charge in [0.1, 0.15) is 5.75 Å². The fourth-order valence-corrected chi connectivity index (χ4v) is 2.71. The van der Waals surface area contributed by atoms with Gasteiger partial charge in [-0.3, -0.25) is 4.79 Å². The Balaban J connectivity index is 1.50. The maximum atomic E-state index is 11.9. The van der Waals surface area contributed by atoms with E-state index in [9.17, 15) is 4.79 Å². The van der Waals surface area contributed by atoms with Crippen LogP contribution in [0.3, 0.4) is 0 Å². The van der Waals surface area contributed by atoms with E-state index < -0.39 is 0 Å². The smallest absolute Gasteiger partial charge is 0.224 e.